The molecule has 28 heavy (non-hydrogen) atoms. The number of rotatable bonds is 4. The zero-order valence-electron chi connectivity index (χ0n) is 16.2. The topological polar surface area (TPSA) is 75.4 Å². The monoisotopic (exact) mass is 399 g/mol. The van der Waals surface area contributed by atoms with Crippen molar-refractivity contribution >= 4 is 29.1 Å². The Morgan fingerprint density at radius 1 is 1.07 bits per heavy atom. The maximum atomic E-state index is 12.7. The highest BCUT2D eigenvalue weighted by molar-refractivity contribution is 6.33. The lowest BCUT2D eigenvalue weighted by molar-refractivity contribution is -0.122. The number of piperidine rings is 1. The van der Waals surface area contributed by atoms with Crippen LogP contribution in [0.3, 0.4) is 0 Å². The van der Waals surface area contributed by atoms with Crippen LogP contribution in [0.5, 0.6) is 0 Å². The molecule has 1 heterocycles. The second kappa shape index (κ2) is 8.33. The van der Waals surface area contributed by atoms with Crippen molar-refractivity contribution in [2.24, 2.45) is 5.73 Å². The summed E-state index contributed by atoms with van der Waals surface area (Å²) in [5.41, 5.74) is 7.81. The number of benzene rings is 2. The molecule has 2 amide bonds. The Kier molecular flexibility index (Phi) is 6.06. The number of nitrogens with two attached hydrogens (primary N) is 1. The van der Waals surface area contributed by atoms with Crippen LogP contribution in [0.1, 0.15) is 48.5 Å². The Labute approximate surface area is 170 Å². The van der Waals surface area contributed by atoms with E-state index in [1.807, 2.05) is 24.3 Å². The molecule has 0 bridgehead atoms. The molecule has 1 fully saturated rings. The highest BCUT2D eigenvalue weighted by atomic mass is 35.5. The number of hydrogen-bond acceptors (Lipinski definition) is 3. The number of hydrogen-bond donors (Lipinski definition) is 2. The highest BCUT2D eigenvalue weighted by Crippen LogP contribution is 2.25. The molecule has 0 saturated carbocycles. The van der Waals surface area contributed by atoms with Crippen LogP contribution in [0.15, 0.2) is 48.5 Å². The van der Waals surface area contributed by atoms with Gasteiger partial charge in [-0.2, -0.15) is 0 Å². The number of halogens is 1. The molecular weight excluding hydrogens is 374 g/mol. The zero-order chi connectivity index (χ0) is 20.3. The van der Waals surface area contributed by atoms with Gasteiger partial charge >= 0.3 is 0 Å². The molecule has 0 aromatic heterocycles. The van der Waals surface area contributed by atoms with Gasteiger partial charge in [0, 0.05) is 18.8 Å². The summed E-state index contributed by atoms with van der Waals surface area (Å²) in [5.74, 6) is 0.0950. The number of amides is 2. The fourth-order valence-corrected chi connectivity index (χ4v) is 3.56. The van der Waals surface area contributed by atoms with Gasteiger partial charge in [-0.1, -0.05) is 49.7 Å². The van der Waals surface area contributed by atoms with Gasteiger partial charge in [0.15, 0.2) is 0 Å². The third kappa shape index (κ3) is 4.37. The van der Waals surface area contributed by atoms with Crippen LogP contribution in [0.2, 0.25) is 5.02 Å². The van der Waals surface area contributed by atoms with Crippen molar-refractivity contribution in [2.45, 2.75) is 38.1 Å². The van der Waals surface area contributed by atoms with Gasteiger partial charge in [0.05, 0.1) is 16.1 Å². The maximum absolute atomic E-state index is 12.7. The third-order valence-corrected chi connectivity index (χ3v) is 5.66. The van der Waals surface area contributed by atoms with Crippen LogP contribution in [-0.4, -0.2) is 35.3 Å². The van der Waals surface area contributed by atoms with Crippen molar-refractivity contribution in [1.82, 2.24) is 4.90 Å². The molecule has 3 N–H and O–H groups in total. The Balaban J connectivity index is 1.61. The lowest BCUT2D eigenvalue weighted by Crippen LogP contribution is -2.58. The minimum absolute atomic E-state index is 0.127. The Morgan fingerprint density at radius 3 is 2.25 bits per heavy atom. The summed E-state index contributed by atoms with van der Waals surface area (Å²) >= 11 is 6.13. The van der Waals surface area contributed by atoms with Gasteiger partial charge in [-0.3, -0.25) is 9.59 Å². The molecular formula is C22H26ClN3O2. The Morgan fingerprint density at radius 2 is 1.68 bits per heavy atom. The summed E-state index contributed by atoms with van der Waals surface area (Å²) in [5, 5.41) is 3.34. The van der Waals surface area contributed by atoms with E-state index in [9.17, 15) is 9.59 Å². The van der Waals surface area contributed by atoms with E-state index < -0.39 is 5.54 Å². The lowest BCUT2D eigenvalue weighted by Gasteiger charge is -2.38. The molecule has 0 aliphatic carbocycles. The SMILES string of the molecule is CC(C)c1ccc(NC(=O)C2(N)CCN(C(=O)c3ccccc3Cl)CC2)cc1. The van der Waals surface area contributed by atoms with Crippen LogP contribution < -0.4 is 11.1 Å². The molecule has 2 aromatic rings. The Hall–Kier alpha value is -2.37. The number of nitrogens with zero attached hydrogens (tertiary/aromatic N) is 1. The van der Waals surface area contributed by atoms with Gasteiger partial charge in [-0.25, -0.2) is 0 Å². The zero-order valence-corrected chi connectivity index (χ0v) is 17.0. The number of likely N-dealkylation sites (tertiary alicyclic amines) is 1. The van der Waals surface area contributed by atoms with E-state index in [1.165, 1.54) is 5.56 Å². The first-order chi connectivity index (χ1) is 13.3. The average molecular weight is 400 g/mol. The van der Waals surface area contributed by atoms with Crippen LogP contribution in [-0.2, 0) is 4.79 Å². The first-order valence-corrected chi connectivity index (χ1v) is 9.92. The van der Waals surface area contributed by atoms with E-state index in [-0.39, 0.29) is 11.8 Å². The van der Waals surface area contributed by atoms with Crippen LogP contribution in [0.4, 0.5) is 5.69 Å². The van der Waals surface area contributed by atoms with E-state index in [1.54, 1.807) is 29.2 Å². The van der Waals surface area contributed by atoms with Crippen molar-refractivity contribution in [3.05, 3.63) is 64.7 Å². The minimum atomic E-state index is -0.992. The smallest absolute Gasteiger partial charge is 0.255 e. The van der Waals surface area contributed by atoms with E-state index in [0.717, 1.165) is 5.69 Å². The quantitative estimate of drug-likeness (QED) is 0.814. The first kappa shape index (κ1) is 20.4. The summed E-state index contributed by atoms with van der Waals surface area (Å²) in [6, 6.07) is 14.8. The normalized spacial score (nSPS) is 16.1. The number of carbonyl (C=O) groups is 2. The van der Waals surface area contributed by atoms with Gasteiger partial charge in [0.1, 0.15) is 0 Å². The molecule has 0 atom stereocenters. The fraction of sp³-hybridized carbons (Fsp3) is 0.364. The Bertz CT molecular complexity index is 856. The summed E-state index contributed by atoms with van der Waals surface area (Å²) < 4.78 is 0. The van der Waals surface area contributed by atoms with Gasteiger partial charge < -0.3 is 16.0 Å². The van der Waals surface area contributed by atoms with Crippen molar-refractivity contribution in [2.75, 3.05) is 18.4 Å². The molecule has 1 aliphatic heterocycles. The third-order valence-electron chi connectivity index (χ3n) is 5.33. The molecule has 2 aromatic carbocycles. The molecule has 5 nitrogen and oxygen atoms in total. The molecule has 1 saturated heterocycles. The molecule has 0 unspecified atom stereocenters. The fourth-order valence-electron chi connectivity index (χ4n) is 3.35. The summed E-state index contributed by atoms with van der Waals surface area (Å²) in [7, 11) is 0. The second-order valence-electron chi connectivity index (χ2n) is 7.66. The molecule has 0 radical (unpaired) electrons. The summed E-state index contributed by atoms with van der Waals surface area (Å²) in [6.45, 7) is 5.08. The molecule has 1 aliphatic rings. The van der Waals surface area contributed by atoms with E-state index in [0.29, 0.717) is 42.4 Å². The first-order valence-electron chi connectivity index (χ1n) is 9.54. The molecule has 0 spiro atoms. The van der Waals surface area contributed by atoms with Crippen molar-refractivity contribution in [1.29, 1.82) is 0 Å². The van der Waals surface area contributed by atoms with Gasteiger partial charge in [-0.15, -0.1) is 0 Å². The van der Waals surface area contributed by atoms with Crippen LogP contribution in [0.25, 0.3) is 0 Å². The number of nitrogens with one attached hydrogen (secondary N) is 1. The average Bonchev–Trinajstić information content (AvgIpc) is 2.69. The van der Waals surface area contributed by atoms with E-state index in [2.05, 4.69) is 19.2 Å². The van der Waals surface area contributed by atoms with Gasteiger partial charge in [0.25, 0.3) is 5.91 Å². The van der Waals surface area contributed by atoms with Crippen molar-refractivity contribution < 1.29 is 9.59 Å². The minimum Gasteiger partial charge on any atom is -0.338 e. The number of carbonyl (C=O) groups excluding carboxylic acids is 2. The predicted octanol–water partition coefficient (Wildman–Crippen LogP) is 4.04. The van der Waals surface area contributed by atoms with E-state index in [4.69, 9.17) is 17.3 Å². The van der Waals surface area contributed by atoms with E-state index >= 15 is 0 Å². The molecule has 3 rings (SSSR count). The molecule has 148 valence electrons. The lowest BCUT2D eigenvalue weighted by atomic mass is 9.87. The standard InChI is InChI=1S/C22H26ClN3O2/c1-15(2)16-7-9-17(10-8-16)25-21(28)22(24)11-13-26(14-12-22)20(27)18-5-3-4-6-19(18)23/h3-10,15H,11-14,24H2,1-2H3,(H,25,28). The predicted molar refractivity (Wildman–Crippen MR) is 113 cm³/mol. The van der Waals surface area contributed by atoms with Crippen molar-refractivity contribution in [3.8, 4) is 0 Å². The second-order valence-corrected chi connectivity index (χ2v) is 8.07. The molecule has 6 heteroatoms. The van der Waals surface area contributed by atoms with Crippen LogP contribution >= 0.6 is 11.6 Å². The van der Waals surface area contributed by atoms with Gasteiger partial charge in [0.2, 0.25) is 5.91 Å². The number of anilines is 1. The summed E-state index contributed by atoms with van der Waals surface area (Å²) in [4.78, 5) is 27.1. The highest BCUT2D eigenvalue weighted by Gasteiger charge is 2.39. The largest absolute Gasteiger partial charge is 0.338 e. The van der Waals surface area contributed by atoms with Crippen molar-refractivity contribution in [3.63, 3.8) is 0 Å². The maximum Gasteiger partial charge on any atom is 0.255 e. The van der Waals surface area contributed by atoms with Gasteiger partial charge in [-0.05, 0) is 48.6 Å². The van der Waals surface area contributed by atoms with Crippen LogP contribution in [0, 0.1) is 0 Å². The summed E-state index contributed by atoms with van der Waals surface area (Å²) in [6.07, 6.45) is 0.804.